The van der Waals surface area contributed by atoms with Gasteiger partial charge < -0.3 is 9.47 Å². The van der Waals surface area contributed by atoms with Gasteiger partial charge in [0.05, 0.1) is 22.1 Å². The quantitative estimate of drug-likeness (QED) is 0.325. The molecule has 5 rings (SSSR count). The van der Waals surface area contributed by atoms with Gasteiger partial charge in [0.25, 0.3) is 0 Å². The van der Waals surface area contributed by atoms with Crippen LogP contribution in [0.25, 0.3) is 20.2 Å². The Balaban J connectivity index is 1.30. The Bertz CT molecular complexity index is 1090. The third-order valence-corrected chi connectivity index (χ3v) is 8.83. The molecule has 1 heterocycles. The molecule has 0 N–H and O–H groups in total. The van der Waals surface area contributed by atoms with E-state index >= 15 is 8.78 Å². The second-order valence-electron chi connectivity index (χ2n) is 9.98. The maximum absolute atomic E-state index is 15.4. The van der Waals surface area contributed by atoms with Crippen molar-refractivity contribution in [3.05, 3.63) is 35.9 Å². The zero-order valence-corrected chi connectivity index (χ0v) is 20.3. The summed E-state index contributed by atoms with van der Waals surface area (Å²) in [6.45, 7) is 2.81. The van der Waals surface area contributed by atoms with Crippen molar-refractivity contribution in [2.75, 3.05) is 6.61 Å². The lowest BCUT2D eigenvalue weighted by Gasteiger charge is -2.28. The summed E-state index contributed by atoms with van der Waals surface area (Å²) in [4.78, 5) is 0. The van der Waals surface area contributed by atoms with Gasteiger partial charge in [-0.2, -0.15) is 0 Å². The molecule has 0 amide bonds. The molecule has 2 aromatic carbocycles. The van der Waals surface area contributed by atoms with Crippen LogP contribution in [0.4, 0.5) is 8.78 Å². The first-order chi connectivity index (χ1) is 16.1. The Labute approximate surface area is 199 Å². The van der Waals surface area contributed by atoms with Gasteiger partial charge in [-0.05, 0) is 74.6 Å². The molecular formula is C28H34F2O2S. The maximum Gasteiger partial charge on any atom is 0.182 e. The molecule has 2 nitrogen and oxygen atoms in total. The van der Waals surface area contributed by atoms with Crippen LogP contribution in [-0.2, 0) is 0 Å². The summed E-state index contributed by atoms with van der Waals surface area (Å²) >= 11 is 1.16. The fourth-order valence-electron chi connectivity index (χ4n) is 5.58. The fourth-order valence-corrected chi connectivity index (χ4v) is 6.74. The van der Waals surface area contributed by atoms with Gasteiger partial charge in [0.2, 0.25) is 0 Å². The van der Waals surface area contributed by atoms with Gasteiger partial charge >= 0.3 is 0 Å². The van der Waals surface area contributed by atoms with E-state index in [1.165, 1.54) is 32.1 Å². The Morgan fingerprint density at radius 1 is 0.818 bits per heavy atom. The highest BCUT2D eigenvalue weighted by molar-refractivity contribution is 7.25. The van der Waals surface area contributed by atoms with Crippen molar-refractivity contribution in [1.82, 2.24) is 0 Å². The first-order valence-electron chi connectivity index (χ1n) is 12.8. The van der Waals surface area contributed by atoms with Crippen LogP contribution in [0.3, 0.4) is 0 Å². The first-order valence-corrected chi connectivity index (χ1v) is 13.6. The molecule has 2 aliphatic rings. The zero-order chi connectivity index (χ0) is 22.8. The van der Waals surface area contributed by atoms with E-state index in [4.69, 9.17) is 9.47 Å². The van der Waals surface area contributed by atoms with Crippen LogP contribution >= 0.6 is 11.3 Å². The number of fused-ring (bicyclic) bond motifs is 3. The molecule has 3 aromatic rings. The lowest BCUT2D eigenvalue weighted by Crippen LogP contribution is -2.20. The third kappa shape index (κ3) is 4.84. The number of unbranched alkanes of at least 4 members (excludes halogenated alkanes) is 1. The molecule has 0 unspecified atom stereocenters. The minimum Gasteiger partial charge on any atom is -0.490 e. The van der Waals surface area contributed by atoms with Gasteiger partial charge in [-0.15, -0.1) is 11.3 Å². The normalized spacial score (nSPS) is 21.8. The van der Waals surface area contributed by atoms with E-state index in [1.807, 2.05) is 12.1 Å². The van der Waals surface area contributed by atoms with Crippen molar-refractivity contribution in [2.24, 2.45) is 11.8 Å². The predicted octanol–water partition coefficient (Wildman–Crippen LogP) is 9.03. The Morgan fingerprint density at radius 2 is 1.42 bits per heavy atom. The summed E-state index contributed by atoms with van der Waals surface area (Å²) in [5, 5.41) is 1.48. The van der Waals surface area contributed by atoms with Crippen molar-refractivity contribution < 1.29 is 18.3 Å². The van der Waals surface area contributed by atoms with E-state index in [1.54, 1.807) is 12.1 Å². The molecule has 33 heavy (non-hydrogen) atoms. The van der Waals surface area contributed by atoms with Crippen molar-refractivity contribution >= 4 is 31.5 Å². The number of rotatable bonds is 8. The molecule has 0 spiro atoms. The van der Waals surface area contributed by atoms with Crippen LogP contribution in [-0.4, -0.2) is 12.7 Å². The largest absolute Gasteiger partial charge is 0.490 e. The number of benzene rings is 2. The van der Waals surface area contributed by atoms with E-state index in [0.29, 0.717) is 21.9 Å². The van der Waals surface area contributed by atoms with Crippen molar-refractivity contribution in [2.45, 2.75) is 83.7 Å². The lowest BCUT2D eigenvalue weighted by molar-refractivity contribution is 0.174. The molecule has 178 valence electrons. The minimum absolute atomic E-state index is 0.0878. The third-order valence-electron chi connectivity index (χ3n) is 7.62. The second kappa shape index (κ2) is 10.2. The summed E-state index contributed by atoms with van der Waals surface area (Å²) < 4.78 is 43.4. The van der Waals surface area contributed by atoms with Crippen LogP contribution in [0.1, 0.15) is 77.6 Å². The lowest BCUT2D eigenvalue weighted by atomic mass is 9.80. The number of thiophene rings is 1. The number of halogens is 2. The Hall–Kier alpha value is -1.88. The summed E-state index contributed by atoms with van der Waals surface area (Å²) in [5.41, 5.74) is 0. The van der Waals surface area contributed by atoms with Crippen LogP contribution in [0.5, 0.6) is 11.5 Å². The van der Waals surface area contributed by atoms with E-state index in [9.17, 15) is 0 Å². The van der Waals surface area contributed by atoms with Crippen molar-refractivity contribution in [3.8, 4) is 11.5 Å². The Morgan fingerprint density at radius 3 is 2.09 bits per heavy atom. The molecular weight excluding hydrogens is 438 g/mol. The minimum atomic E-state index is -0.373. The standard InChI is InChI=1S/C28H34F2O2S/c1-2-3-6-18-9-11-19(12-10-18)17-31-23-15-13-21-22-14-16-24(32-20-7-4-5-8-20)26(30)28(22)33-27(21)25(23)29/h13-16,18-20H,2-12,17H2,1H3. The molecule has 0 saturated heterocycles. The van der Waals surface area contributed by atoms with E-state index in [-0.39, 0.29) is 29.2 Å². The molecule has 0 atom stereocenters. The topological polar surface area (TPSA) is 18.5 Å². The summed E-state index contributed by atoms with van der Waals surface area (Å²) in [6.07, 6.45) is 13.1. The molecule has 0 radical (unpaired) electrons. The Kier molecular flexibility index (Phi) is 7.05. The molecule has 5 heteroatoms. The fraction of sp³-hybridized carbons (Fsp3) is 0.571. The maximum atomic E-state index is 15.4. The molecule has 1 aromatic heterocycles. The van der Waals surface area contributed by atoms with Gasteiger partial charge in [0.1, 0.15) is 0 Å². The number of ether oxygens (including phenoxy) is 2. The predicted molar refractivity (Wildman–Crippen MR) is 133 cm³/mol. The van der Waals surface area contributed by atoms with Gasteiger partial charge in [-0.1, -0.05) is 39.0 Å². The number of hydrogen-bond donors (Lipinski definition) is 0. The van der Waals surface area contributed by atoms with Gasteiger partial charge in [-0.25, -0.2) is 8.78 Å². The van der Waals surface area contributed by atoms with Crippen molar-refractivity contribution in [1.29, 1.82) is 0 Å². The molecule has 2 aliphatic carbocycles. The van der Waals surface area contributed by atoms with Gasteiger partial charge in [0.15, 0.2) is 23.1 Å². The highest BCUT2D eigenvalue weighted by atomic mass is 32.1. The van der Waals surface area contributed by atoms with E-state index < -0.39 is 0 Å². The van der Waals surface area contributed by atoms with Crippen LogP contribution < -0.4 is 9.47 Å². The monoisotopic (exact) mass is 472 g/mol. The van der Waals surface area contributed by atoms with E-state index in [0.717, 1.165) is 66.6 Å². The molecule has 2 saturated carbocycles. The molecule has 2 fully saturated rings. The highest BCUT2D eigenvalue weighted by Gasteiger charge is 2.24. The highest BCUT2D eigenvalue weighted by Crippen LogP contribution is 2.42. The van der Waals surface area contributed by atoms with Gasteiger partial charge in [-0.3, -0.25) is 0 Å². The molecule has 0 bridgehead atoms. The van der Waals surface area contributed by atoms with Crippen LogP contribution in [0, 0.1) is 23.5 Å². The average Bonchev–Trinajstić information content (AvgIpc) is 3.48. The molecule has 0 aliphatic heterocycles. The zero-order valence-electron chi connectivity index (χ0n) is 19.5. The number of hydrogen-bond acceptors (Lipinski definition) is 3. The smallest absolute Gasteiger partial charge is 0.182 e. The van der Waals surface area contributed by atoms with Crippen LogP contribution in [0.15, 0.2) is 24.3 Å². The van der Waals surface area contributed by atoms with Crippen LogP contribution in [0.2, 0.25) is 0 Å². The van der Waals surface area contributed by atoms with E-state index in [2.05, 4.69) is 6.92 Å². The summed E-state index contributed by atoms with van der Waals surface area (Å²) in [7, 11) is 0. The first kappa shape index (κ1) is 22.9. The second-order valence-corrected chi connectivity index (χ2v) is 11.0. The average molecular weight is 473 g/mol. The van der Waals surface area contributed by atoms with Crippen molar-refractivity contribution in [3.63, 3.8) is 0 Å². The summed E-state index contributed by atoms with van der Waals surface area (Å²) in [6, 6.07) is 7.13. The summed E-state index contributed by atoms with van der Waals surface area (Å²) in [5.74, 6) is 1.17. The van der Waals surface area contributed by atoms with Gasteiger partial charge in [0, 0.05) is 10.8 Å². The SMILES string of the molecule is CCCCC1CCC(COc2ccc3c(sc4c(F)c(OC5CCCC5)ccc43)c2F)CC1.